The highest BCUT2D eigenvalue weighted by molar-refractivity contribution is 9.10. The molecule has 0 unspecified atom stereocenters. The number of pyridine rings is 1. The van der Waals surface area contributed by atoms with Gasteiger partial charge in [-0.15, -0.1) is 0 Å². The number of para-hydroxylation sites is 1. The number of hydrogen-bond donors (Lipinski definition) is 0. The first kappa shape index (κ1) is 23.7. The number of nitrogens with zero attached hydrogens (tertiary/aromatic N) is 2. The van der Waals surface area contributed by atoms with Gasteiger partial charge in [0.05, 0.1) is 12.1 Å². The van der Waals surface area contributed by atoms with Crippen molar-refractivity contribution in [1.82, 2.24) is 9.72 Å². The maximum Gasteiger partial charge on any atom is 0.455 e. The number of alkyl halides is 3. The van der Waals surface area contributed by atoms with Crippen molar-refractivity contribution in [2.75, 3.05) is 0 Å². The van der Waals surface area contributed by atoms with Crippen LogP contribution in [0.25, 0.3) is 33.3 Å². The lowest BCUT2D eigenvalue weighted by atomic mass is 9.93. The highest BCUT2D eigenvalue weighted by atomic mass is 79.9. The van der Waals surface area contributed by atoms with Crippen LogP contribution < -0.4 is 5.56 Å². The van der Waals surface area contributed by atoms with Crippen molar-refractivity contribution in [3.05, 3.63) is 111 Å². The molecule has 0 fully saturated rings. The van der Waals surface area contributed by atoms with Crippen molar-refractivity contribution in [2.24, 2.45) is 0 Å². The number of fused-ring (bicyclic) bond motifs is 1. The Kier molecular flexibility index (Phi) is 6.09. The predicted octanol–water partition coefficient (Wildman–Crippen LogP) is 6.88. The van der Waals surface area contributed by atoms with E-state index in [1.54, 1.807) is 60.7 Å². The Bertz CT molecular complexity index is 1640. The van der Waals surface area contributed by atoms with Crippen LogP contribution in [0.1, 0.15) is 16.1 Å². The van der Waals surface area contributed by atoms with E-state index in [4.69, 9.17) is 4.52 Å². The Labute approximate surface area is 210 Å². The van der Waals surface area contributed by atoms with Gasteiger partial charge >= 0.3 is 6.18 Å². The van der Waals surface area contributed by atoms with Crippen molar-refractivity contribution < 1.29 is 22.5 Å². The van der Waals surface area contributed by atoms with Gasteiger partial charge in [0.2, 0.25) is 0 Å². The minimum Gasteiger partial charge on any atom is -0.359 e. The van der Waals surface area contributed by atoms with Gasteiger partial charge in [-0.2, -0.15) is 13.2 Å². The van der Waals surface area contributed by atoms with E-state index in [1.165, 1.54) is 0 Å². The van der Waals surface area contributed by atoms with Crippen molar-refractivity contribution in [3.63, 3.8) is 0 Å². The number of carbonyl (C=O) groups excluding carboxylic acids is 1. The fourth-order valence-corrected chi connectivity index (χ4v) is 4.38. The Morgan fingerprint density at radius 3 is 2.28 bits per heavy atom. The Morgan fingerprint density at radius 1 is 0.917 bits per heavy atom. The van der Waals surface area contributed by atoms with Crippen molar-refractivity contribution in [3.8, 4) is 22.4 Å². The molecule has 0 aliphatic rings. The summed E-state index contributed by atoms with van der Waals surface area (Å²) in [5, 5.41) is 4.37. The molecule has 3 aromatic carbocycles. The Balaban J connectivity index is 1.72. The van der Waals surface area contributed by atoms with Gasteiger partial charge in [-0.25, -0.2) is 0 Å². The van der Waals surface area contributed by atoms with Crippen LogP contribution in [0.4, 0.5) is 13.2 Å². The Morgan fingerprint density at radius 2 is 1.58 bits per heavy atom. The lowest BCUT2D eigenvalue weighted by Crippen LogP contribution is -2.34. The smallest absolute Gasteiger partial charge is 0.359 e. The standard InChI is InChI=1S/C27H16BrF3N2O3/c28-18-12-10-16(11-13-18)21-14-19(36-32-21)15-33-22-9-5-4-8-20(22)23(17-6-2-1-3-7-17)24(26(33)35)25(34)27(29,30)31/h1-14H,15H2. The van der Waals surface area contributed by atoms with Crippen LogP contribution in [0.3, 0.4) is 0 Å². The van der Waals surface area contributed by atoms with Gasteiger partial charge in [-0.3, -0.25) is 14.2 Å². The van der Waals surface area contributed by atoms with Gasteiger partial charge in [0, 0.05) is 27.1 Å². The summed E-state index contributed by atoms with van der Waals surface area (Å²) in [7, 11) is 0. The van der Waals surface area contributed by atoms with E-state index < -0.39 is 23.1 Å². The first-order chi connectivity index (χ1) is 17.2. The number of ketones is 1. The summed E-state index contributed by atoms with van der Waals surface area (Å²) in [6, 6.07) is 23.6. The fourth-order valence-electron chi connectivity index (χ4n) is 4.12. The summed E-state index contributed by atoms with van der Waals surface area (Å²) in [4.78, 5) is 26.1. The molecule has 180 valence electrons. The number of Topliss-reactive ketones (excluding diaryl/α,β-unsaturated/α-hetero) is 1. The van der Waals surface area contributed by atoms with Crippen LogP contribution in [-0.2, 0) is 6.54 Å². The lowest BCUT2D eigenvalue weighted by Gasteiger charge is -2.18. The maximum absolute atomic E-state index is 13.7. The summed E-state index contributed by atoms with van der Waals surface area (Å²) in [6.07, 6.45) is -5.23. The molecule has 9 heteroatoms. The molecule has 0 amide bonds. The van der Waals surface area contributed by atoms with Gasteiger partial charge in [0.1, 0.15) is 11.3 Å². The second kappa shape index (κ2) is 9.23. The van der Waals surface area contributed by atoms with E-state index in [2.05, 4.69) is 21.1 Å². The summed E-state index contributed by atoms with van der Waals surface area (Å²) in [6.45, 7) is -0.212. The number of benzene rings is 3. The molecule has 0 spiro atoms. The molecule has 0 saturated heterocycles. The monoisotopic (exact) mass is 552 g/mol. The normalized spacial score (nSPS) is 11.7. The molecule has 5 rings (SSSR count). The van der Waals surface area contributed by atoms with Crippen LogP contribution in [0.2, 0.25) is 0 Å². The molecule has 5 aromatic rings. The second-order valence-corrected chi connectivity index (χ2v) is 8.95. The number of halogens is 4. The van der Waals surface area contributed by atoms with Crippen molar-refractivity contribution >= 4 is 32.6 Å². The zero-order valence-electron chi connectivity index (χ0n) is 18.4. The fraction of sp³-hybridized carbons (Fsp3) is 0.0741. The molecule has 5 nitrogen and oxygen atoms in total. The summed E-state index contributed by atoms with van der Waals surface area (Å²) < 4.78 is 48.4. The van der Waals surface area contributed by atoms with Crippen molar-refractivity contribution in [2.45, 2.75) is 12.7 Å². The predicted molar refractivity (Wildman–Crippen MR) is 133 cm³/mol. The first-order valence-corrected chi connectivity index (χ1v) is 11.6. The molecule has 2 aromatic heterocycles. The van der Waals surface area contributed by atoms with Gasteiger partial charge in [-0.1, -0.05) is 81.8 Å². The molecule has 0 saturated carbocycles. The molecule has 0 aliphatic heterocycles. The largest absolute Gasteiger partial charge is 0.455 e. The minimum absolute atomic E-state index is 0.0529. The van der Waals surface area contributed by atoms with Gasteiger partial charge in [0.15, 0.2) is 5.76 Å². The third kappa shape index (κ3) is 4.37. The average molecular weight is 553 g/mol. The lowest BCUT2D eigenvalue weighted by molar-refractivity contribution is -0.0885. The quantitative estimate of drug-likeness (QED) is 0.223. The molecule has 0 N–H and O–H groups in total. The Hall–Kier alpha value is -3.98. The van der Waals surface area contributed by atoms with E-state index in [0.717, 1.165) is 14.6 Å². The third-order valence-corrected chi connectivity index (χ3v) is 6.26. The van der Waals surface area contributed by atoms with Gasteiger partial charge in [-0.05, 0) is 23.8 Å². The maximum atomic E-state index is 13.7. The second-order valence-electron chi connectivity index (χ2n) is 8.04. The topological polar surface area (TPSA) is 65.1 Å². The number of hydrogen-bond acceptors (Lipinski definition) is 4. The number of carbonyl (C=O) groups is 1. The SMILES string of the molecule is O=C(c1c(-c2ccccc2)c2ccccc2n(Cc2cc(-c3ccc(Br)cc3)no2)c1=O)C(F)(F)F. The summed E-state index contributed by atoms with van der Waals surface area (Å²) in [5.41, 5.74) is -0.0797. The van der Waals surface area contributed by atoms with Crippen LogP contribution in [-0.4, -0.2) is 21.7 Å². The summed E-state index contributed by atoms with van der Waals surface area (Å²) >= 11 is 3.36. The molecule has 36 heavy (non-hydrogen) atoms. The molecule has 0 aliphatic carbocycles. The molecular formula is C27H16BrF3N2O3. The minimum atomic E-state index is -5.23. The van der Waals surface area contributed by atoms with Gasteiger partial charge in [0.25, 0.3) is 11.3 Å². The zero-order valence-corrected chi connectivity index (χ0v) is 20.0. The van der Waals surface area contributed by atoms with E-state index >= 15 is 0 Å². The van der Waals surface area contributed by atoms with Crippen LogP contribution in [0.15, 0.2) is 98.7 Å². The molecule has 2 heterocycles. The molecule has 0 bridgehead atoms. The van der Waals surface area contributed by atoms with Crippen molar-refractivity contribution in [1.29, 1.82) is 0 Å². The van der Waals surface area contributed by atoms with E-state index in [-0.39, 0.29) is 17.9 Å². The highest BCUT2D eigenvalue weighted by Crippen LogP contribution is 2.34. The van der Waals surface area contributed by atoms with Crippen LogP contribution >= 0.6 is 15.9 Å². The average Bonchev–Trinajstić information content (AvgIpc) is 3.34. The first-order valence-electron chi connectivity index (χ1n) is 10.8. The van der Waals surface area contributed by atoms with Crippen LogP contribution in [0.5, 0.6) is 0 Å². The highest BCUT2D eigenvalue weighted by Gasteiger charge is 2.43. The van der Waals surface area contributed by atoms with Crippen LogP contribution in [0, 0.1) is 0 Å². The van der Waals surface area contributed by atoms with E-state index in [9.17, 15) is 22.8 Å². The van der Waals surface area contributed by atoms with Gasteiger partial charge < -0.3 is 4.52 Å². The molecule has 0 radical (unpaired) electrons. The molecule has 0 atom stereocenters. The number of rotatable bonds is 5. The third-order valence-electron chi connectivity index (χ3n) is 5.73. The molecular weight excluding hydrogens is 537 g/mol. The summed E-state index contributed by atoms with van der Waals surface area (Å²) in [5.74, 6) is -1.95. The number of aromatic nitrogens is 2. The zero-order chi connectivity index (χ0) is 25.4. The van der Waals surface area contributed by atoms with E-state index in [1.807, 2.05) is 24.3 Å². The van der Waals surface area contributed by atoms with E-state index in [0.29, 0.717) is 22.2 Å².